The zero-order valence-electron chi connectivity index (χ0n) is 14.3. The van der Waals surface area contributed by atoms with Crippen LogP contribution in [-0.2, 0) is 9.78 Å². The summed E-state index contributed by atoms with van der Waals surface area (Å²) in [7, 11) is 1.55. The topological polar surface area (TPSA) is 18.5 Å². The van der Waals surface area contributed by atoms with Crippen LogP contribution in [0.25, 0.3) is 0 Å². The summed E-state index contributed by atoms with van der Waals surface area (Å²) in [6, 6.07) is 0. The van der Waals surface area contributed by atoms with Gasteiger partial charge in [0, 0.05) is 0 Å². The highest BCUT2D eigenvalue weighted by molar-refractivity contribution is 4.81. The first-order valence-electron chi connectivity index (χ1n) is 8.87. The number of rotatable bonds is 16. The van der Waals surface area contributed by atoms with Crippen LogP contribution >= 0.6 is 0 Å². The summed E-state index contributed by atoms with van der Waals surface area (Å²) in [6.07, 6.45) is 24.7. The normalized spacial score (nSPS) is 11.9. The number of unbranched alkanes of at least 4 members (excludes halogenated alkanes) is 9. The van der Waals surface area contributed by atoms with E-state index in [0.29, 0.717) is 6.61 Å². The zero-order chi connectivity index (χ0) is 15.4. The van der Waals surface area contributed by atoms with Gasteiger partial charge in [0.2, 0.25) is 0 Å². The molecule has 0 aromatic heterocycles. The Morgan fingerprint density at radius 2 is 1.10 bits per heavy atom. The van der Waals surface area contributed by atoms with Crippen molar-refractivity contribution in [3.8, 4) is 0 Å². The molecule has 0 rings (SSSR count). The van der Waals surface area contributed by atoms with E-state index in [9.17, 15) is 0 Å². The minimum atomic E-state index is 0.653. The van der Waals surface area contributed by atoms with E-state index in [2.05, 4.69) is 36.1 Å². The molecule has 0 aliphatic heterocycles. The van der Waals surface area contributed by atoms with Crippen molar-refractivity contribution in [2.75, 3.05) is 13.7 Å². The van der Waals surface area contributed by atoms with Crippen molar-refractivity contribution in [1.82, 2.24) is 0 Å². The summed E-state index contributed by atoms with van der Waals surface area (Å²) in [4.78, 5) is 9.32. The van der Waals surface area contributed by atoms with E-state index >= 15 is 0 Å². The Morgan fingerprint density at radius 3 is 1.62 bits per heavy atom. The van der Waals surface area contributed by atoms with Crippen LogP contribution < -0.4 is 0 Å². The fourth-order valence-electron chi connectivity index (χ4n) is 2.22. The molecule has 0 saturated heterocycles. The fourth-order valence-corrected chi connectivity index (χ4v) is 2.22. The van der Waals surface area contributed by atoms with E-state index in [1.165, 1.54) is 70.6 Å². The first-order chi connectivity index (χ1) is 10.4. The molecule has 2 heteroatoms. The van der Waals surface area contributed by atoms with Gasteiger partial charge in [-0.2, -0.15) is 0 Å². The molecule has 0 saturated carbocycles. The Labute approximate surface area is 132 Å². The van der Waals surface area contributed by atoms with Gasteiger partial charge < -0.3 is 0 Å². The molecule has 124 valence electrons. The molecule has 0 unspecified atom stereocenters. The second-order valence-electron chi connectivity index (χ2n) is 5.56. The van der Waals surface area contributed by atoms with Gasteiger partial charge in [0.1, 0.15) is 0 Å². The van der Waals surface area contributed by atoms with Gasteiger partial charge in [-0.15, -0.1) is 0 Å². The summed E-state index contributed by atoms with van der Waals surface area (Å²) in [5.41, 5.74) is 0. The maximum absolute atomic E-state index is 4.80. The predicted octanol–water partition coefficient (Wildman–Crippen LogP) is 6.38. The van der Waals surface area contributed by atoms with E-state index in [4.69, 9.17) is 4.89 Å². The van der Waals surface area contributed by atoms with Crippen molar-refractivity contribution in [2.24, 2.45) is 0 Å². The second-order valence-corrected chi connectivity index (χ2v) is 5.56. The highest BCUT2D eigenvalue weighted by Crippen LogP contribution is 2.09. The van der Waals surface area contributed by atoms with Crippen LogP contribution in [0.15, 0.2) is 24.3 Å². The molecule has 0 aliphatic rings. The van der Waals surface area contributed by atoms with Crippen LogP contribution in [0, 0.1) is 0 Å². The molecule has 0 spiro atoms. The lowest BCUT2D eigenvalue weighted by Crippen LogP contribution is -1.89. The average molecular weight is 296 g/mol. The lowest BCUT2D eigenvalue weighted by molar-refractivity contribution is -0.271. The van der Waals surface area contributed by atoms with Crippen molar-refractivity contribution in [3.63, 3.8) is 0 Å². The number of allylic oxidation sites excluding steroid dienone is 3. The fraction of sp³-hybridized carbons (Fsp3) is 0.789. The van der Waals surface area contributed by atoms with E-state index in [1.807, 2.05) is 0 Å². The van der Waals surface area contributed by atoms with Crippen LogP contribution in [0.1, 0.15) is 84.0 Å². The van der Waals surface area contributed by atoms with Crippen molar-refractivity contribution in [2.45, 2.75) is 84.0 Å². The molecule has 0 aliphatic carbocycles. The van der Waals surface area contributed by atoms with Gasteiger partial charge in [-0.1, -0.05) is 69.8 Å². The van der Waals surface area contributed by atoms with Gasteiger partial charge in [0.05, 0.1) is 13.7 Å². The highest BCUT2D eigenvalue weighted by atomic mass is 17.2. The van der Waals surface area contributed by atoms with E-state index in [0.717, 1.165) is 6.42 Å². The molecule has 21 heavy (non-hydrogen) atoms. The third-order valence-corrected chi connectivity index (χ3v) is 3.53. The van der Waals surface area contributed by atoms with Gasteiger partial charge >= 0.3 is 0 Å². The van der Waals surface area contributed by atoms with Crippen LogP contribution in [0.3, 0.4) is 0 Å². The van der Waals surface area contributed by atoms with Crippen molar-refractivity contribution < 1.29 is 9.78 Å². The van der Waals surface area contributed by atoms with Crippen molar-refractivity contribution in [3.05, 3.63) is 24.3 Å². The lowest BCUT2D eigenvalue weighted by atomic mass is 10.1. The van der Waals surface area contributed by atoms with Gasteiger partial charge in [0.25, 0.3) is 0 Å². The molecule has 0 aromatic rings. The first kappa shape index (κ1) is 20.4. The maximum atomic E-state index is 4.80. The summed E-state index contributed by atoms with van der Waals surface area (Å²) < 4.78 is 0. The minimum Gasteiger partial charge on any atom is -0.240 e. The average Bonchev–Trinajstić information content (AvgIpc) is 2.50. The van der Waals surface area contributed by atoms with Gasteiger partial charge in [-0.3, -0.25) is 0 Å². The second kappa shape index (κ2) is 19.4. The van der Waals surface area contributed by atoms with E-state index < -0.39 is 0 Å². The smallest absolute Gasteiger partial charge is 0.0856 e. The summed E-state index contributed by atoms with van der Waals surface area (Å²) in [5.74, 6) is 0. The Balaban J connectivity index is 3.07. The Morgan fingerprint density at radius 1 is 0.619 bits per heavy atom. The molecule has 2 nitrogen and oxygen atoms in total. The molecule has 0 heterocycles. The minimum absolute atomic E-state index is 0.653. The van der Waals surface area contributed by atoms with Crippen LogP contribution in [0.2, 0.25) is 0 Å². The monoisotopic (exact) mass is 296 g/mol. The maximum Gasteiger partial charge on any atom is 0.0856 e. The van der Waals surface area contributed by atoms with Gasteiger partial charge in [0.15, 0.2) is 0 Å². The summed E-state index contributed by atoms with van der Waals surface area (Å²) >= 11 is 0. The lowest BCUT2D eigenvalue weighted by Gasteiger charge is -1.99. The molecule has 0 N–H and O–H groups in total. The van der Waals surface area contributed by atoms with Crippen LogP contribution in [0.4, 0.5) is 0 Å². The summed E-state index contributed by atoms with van der Waals surface area (Å²) in [6.45, 7) is 2.90. The highest BCUT2D eigenvalue weighted by Gasteiger charge is 1.90. The Hall–Kier alpha value is -0.600. The Kier molecular flexibility index (Phi) is 18.8. The van der Waals surface area contributed by atoms with Gasteiger partial charge in [-0.25, -0.2) is 9.78 Å². The standard InChI is InChI=1S/C19H36O2/c1-3-4-5-6-7-8-9-10-11-12-13-14-15-16-17-18-19-21-20-2/h6-7,16-17H,3-5,8-15,18-19H2,1-2H3/b7-6-,17-16-. The quantitative estimate of drug-likeness (QED) is 0.142. The molecule has 0 amide bonds. The molecule has 0 atom stereocenters. The molecule has 0 bridgehead atoms. The molecule has 0 fully saturated rings. The molecule has 0 aromatic carbocycles. The third kappa shape index (κ3) is 19.4. The third-order valence-electron chi connectivity index (χ3n) is 3.53. The van der Waals surface area contributed by atoms with Gasteiger partial charge in [-0.05, 0) is 38.5 Å². The van der Waals surface area contributed by atoms with Crippen molar-refractivity contribution in [1.29, 1.82) is 0 Å². The van der Waals surface area contributed by atoms with E-state index in [-0.39, 0.29) is 0 Å². The molecular weight excluding hydrogens is 260 g/mol. The zero-order valence-corrected chi connectivity index (χ0v) is 14.3. The van der Waals surface area contributed by atoms with Crippen molar-refractivity contribution >= 4 is 0 Å². The predicted molar refractivity (Wildman–Crippen MR) is 92.3 cm³/mol. The number of hydrogen-bond acceptors (Lipinski definition) is 2. The van der Waals surface area contributed by atoms with Crippen LogP contribution in [0.5, 0.6) is 0 Å². The van der Waals surface area contributed by atoms with Crippen LogP contribution in [-0.4, -0.2) is 13.7 Å². The SMILES string of the molecule is CCCC/C=C\CCCCCCCC/C=C\CCOOC. The number of hydrogen-bond donors (Lipinski definition) is 0. The van der Waals surface area contributed by atoms with E-state index in [1.54, 1.807) is 7.11 Å². The largest absolute Gasteiger partial charge is 0.240 e. The molecule has 0 radical (unpaired) electrons. The Bertz CT molecular complexity index is 234. The first-order valence-corrected chi connectivity index (χ1v) is 8.87. The summed E-state index contributed by atoms with van der Waals surface area (Å²) in [5, 5.41) is 0. The molecular formula is C19H36O2.